The van der Waals surface area contributed by atoms with E-state index in [1.165, 1.54) is 32.1 Å². The maximum Gasteiger partial charge on any atom is 0.224 e. The summed E-state index contributed by atoms with van der Waals surface area (Å²) in [5, 5.41) is 0. The lowest BCUT2D eigenvalue weighted by Gasteiger charge is -2.33. The van der Waals surface area contributed by atoms with Crippen molar-refractivity contribution in [3.63, 3.8) is 0 Å². The van der Waals surface area contributed by atoms with Crippen LogP contribution in [-0.2, 0) is 4.79 Å². The molecule has 1 aliphatic heterocycles. The molecule has 2 fully saturated rings. The zero-order valence-corrected chi connectivity index (χ0v) is 10.5. The van der Waals surface area contributed by atoms with Crippen molar-refractivity contribution in [3.05, 3.63) is 0 Å². The van der Waals surface area contributed by atoms with Crippen LogP contribution in [0, 0.1) is 5.92 Å². The van der Waals surface area contributed by atoms with E-state index in [2.05, 4.69) is 4.90 Å². The van der Waals surface area contributed by atoms with Gasteiger partial charge < -0.3 is 10.6 Å². The van der Waals surface area contributed by atoms with Crippen molar-refractivity contribution in [1.82, 2.24) is 4.90 Å². The van der Waals surface area contributed by atoms with Gasteiger partial charge in [-0.2, -0.15) is 0 Å². The number of nitrogens with two attached hydrogens (primary N) is 1. The molecule has 0 aromatic carbocycles. The van der Waals surface area contributed by atoms with Gasteiger partial charge in [0.15, 0.2) is 0 Å². The summed E-state index contributed by atoms with van der Waals surface area (Å²) in [7, 11) is 0. The van der Waals surface area contributed by atoms with Crippen LogP contribution in [0.5, 0.6) is 0 Å². The third kappa shape index (κ3) is 2.57. The van der Waals surface area contributed by atoms with Crippen molar-refractivity contribution >= 4 is 5.91 Å². The molecule has 2 rings (SSSR count). The van der Waals surface area contributed by atoms with Gasteiger partial charge in [0.05, 0.1) is 0 Å². The number of hydrogen-bond acceptors (Lipinski definition) is 2. The maximum atomic E-state index is 12.2. The Morgan fingerprint density at radius 3 is 2.69 bits per heavy atom. The van der Waals surface area contributed by atoms with Crippen molar-refractivity contribution in [2.24, 2.45) is 11.7 Å². The number of carbonyl (C=O) groups excluding carboxylic acids is 1. The topological polar surface area (TPSA) is 46.3 Å². The van der Waals surface area contributed by atoms with E-state index in [0.29, 0.717) is 12.5 Å². The van der Waals surface area contributed by atoms with Gasteiger partial charge in [-0.15, -0.1) is 0 Å². The molecule has 2 N–H and O–H groups in total. The fourth-order valence-corrected chi connectivity index (χ4v) is 3.21. The number of amides is 1. The third-order valence-electron chi connectivity index (χ3n) is 3.94. The molecule has 1 aliphatic carbocycles. The number of likely N-dealkylation sites (tertiary alicyclic amines) is 1. The zero-order chi connectivity index (χ0) is 11.8. The van der Waals surface area contributed by atoms with E-state index in [0.717, 1.165) is 12.5 Å². The minimum Gasteiger partial charge on any atom is -0.339 e. The molecule has 0 bridgehead atoms. The van der Waals surface area contributed by atoms with Gasteiger partial charge in [-0.05, 0) is 39.0 Å². The molecule has 2 aliphatic rings. The van der Waals surface area contributed by atoms with Crippen LogP contribution in [0.25, 0.3) is 0 Å². The summed E-state index contributed by atoms with van der Waals surface area (Å²) in [6.07, 6.45) is 6.86. The highest BCUT2D eigenvalue weighted by Crippen LogP contribution is 2.36. The van der Waals surface area contributed by atoms with Crippen molar-refractivity contribution in [2.75, 3.05) is 6.54 Å². The summed E-state index contributed by atoms with van der Waals surface area (Å²) in [5.41, 5.74) is 5.55. The number of nitrogens with zero attached hydrogens (tertiary/aromatic N) is 1. The molecule has 2 unspecified atom stereocenters. The summed E-state index contributed by atoms with van der Waals surface area (Å²) in [6, 6.07) is 0.531. The molecule has 0 aromatic rings. The van der Waals surface area contributed by atoms with Crippen LogP contribution in [0.1, 0.15) is 52.4 Å². The van der Waals surface area contributed by atoms with Gasteiger partial charge in [0.1, 0.15) is 0 Å². The molecule has 1 heterocycles. The Bertz CT molecular complexity index is 270. The molecular formula is C13H24N2O. The normalized spacial score (nSPS) is 30.3. The van der Waals surface area contributed by atoms with Gasteiger partial charge in [-0.1, -0.05) is 12.8 Å². The van der Waals surface area contributed by atoms with E-state index < -0.39 is 0 Å². The average molecular weight is 224 g/mol. The van der Waals surface area contributed by atoms with E-state index in [1.807, 2.05) is 13.8 Å². The molecule has 2 atom stereocenters. The highest BCUT2D eigenvalue weighted by atomic mass is 16.2. The fourth-order valence-electron chi connectivity index (χ4n) is 3.21. The first kappa shape index (κ1) is 11.9. The SMILES string of the molecule is CC(C)(N)CC(=O)N1CCC2CCCCC21. The first-order chi connectivity index (χ1) is 7.47. The summed E-state index contributed by atoms with van der Waals surface area (Å²) < 4.78 is 0. The minimum atomic E-state index is -0.371. The number of rotatable bonds is 2. The molecule has 3 nitrogen and oxygen atoms in total. The molecule has 0 spiro atoms. The molecule has 1 saturated heterocycles. The van der Waals surface area contributed by atoms with E-state index in [-0.39, 0.29) is 11.4 Å². The monoisotopic (exact) mass is 224 g/mol. The standard InChI is InChI=1S/C13H24N2O/c1-13(2,14)9-12(16)15-8-7-10-5-3-4-6-11(10)15/h10-11H,3-9,14H2,1-2H3. The second-order valence-electron chi connectivity index (χ2n) is 6.15. The first-order valence-corrected chi connectivity index (χ1v) is 6.56. The van der Waals surface area contributed by atoms with Crippen LogP contribution in [0.15, 0.2) is 0 Å². The Morgan fingerprint density at radius 1 is 1.31 bits per heavy atom. The van der Waals surface area contributed by atoms with E-state index in [1.54, 1.807) is 0 Å². The lowest BCUT2D eigenvalue weighted by molar-refractivity contribution is -0.133. The van der Waals surface area contributed by atoms with Gasteiger partial charge in [-0.25, -0.2) is 0 Å². The Morgan fingerprint density at radius 2 is 2.00 bits per heavy atom. The number of fused-ring (bicyclic) bond motifs is 1. The largest absolute Gasteiger partial charge is 0.339 e. The van der Waals surface area contributed by atoms with Crippen molar-refractivity contribution in [2.45, 2.75) is 64.0 Å². The highest BCUT2D eigenvalue weighted by Gasteiger charge is 2.38. The van der Waals surface area contributed by atoms with Crippen LogP contribution in [0.2, 0.25) is 0 Å². The van der Waals surface area contributed by atoms with Gasteiger partial charge in [0, 0.05) is 24.5 Å². The molecule has 0 radical (unpaired) electrons. The molecule has 0 aromatic heterocycles. The Labute approximate surface area is 98.4 Å². The Kier molecular flexibility index (Phi) is 3.24. The summed E-state index contributed by atoms with van der Waals surface area (Å²) in [4.78, 5) is 14.3. The highest BCUT2D eigenvalue weighted by molar-refractivity contribution is 5.78. The van der Waals surface area contributed by atoms with Crippen LogP contribution in [-0.4, -0.2) is 28.9 Å². The fraction of sp³-hybridized carbons (Fsp3) is 0.923. The lowest BCUT2D eigenvalue weighted by atomic mass is 9.85. The Hall–Kier alpha value is -0.570. The molecule has 3 heteroatoms. The predicted octanol–water partition coefficient (Wildman–Crippen LogP) is 1.90. The van der Waals surface area contributed by atoms with Gasteiger partial charge in [-0.3, -0.25) is 4.79 Å². The molecule has 92 valence electrons. The first-order valence-electron chi connectivity index (χ1n) is 6.56. The summed E-state index contributed by atoms with van der Waals surface area (Å²) in [6.45, 7) is 4.82. The second-order valence-corrected chi connectivity index (χ2v) is 6.15. The lowest BCUT2D eigenvalue weighted by Crippen LogP contribution is -2.44. The third-order valence-corrected chi connectivity index (χ3v) is 3.94. The van der Waals surface area contributed by atoms with Crippen molar-refractivity contribution in [3.8, 4) is 0 Å². The second kappa shape index (κ2) is 4.36. The van der Waals surface area contributed by atoms with Crippen LogP contribution < -0.4 is 5.73 Å². The average Bonchev–Trinajstić information content (AvgIpc) is 2.58. The van der Waals surface area contributed by atoms with Crippen molar-refractivity contribution in [1.29, 1.82) is 0 Å². The predicted molar refractivity (Wildman–Crippen MR) is 65.0 cm³/mol. The minimum absolute atomic E-state index is 0.266. The number of hydrogen-bond donors (Lipinski definition) is 1. The van der Waals surface area contributed by atoms with E-state index >= 15 is 0 Å². The van der Waals surface area contributed by atoms with Crippen LogP contribution >= 0.6 is 0 Å². The maximum absolute atomic E-state index is 12.2. The van der Waals surface area contributed by atoms with E-state index in [9.17, 15) is 4.79 Å². The van der Waals surface area contributed by atoms with Gasteiger partial charge in [0.2, 0.25) is 5.91 Å². The quantitative estimate of drug-likeness (QED) is 0.778. The van der Waals surface area contributed by atoms with Crippen LogP contribution in [0.4, 0.5) is 0 Å². The smallest absolute Gasteiger partial charge is 0.224 e. The van der Waals surface area contributed by atoms with Crippen LogP contribution in [0.3, 0.4) is 0 Å². The molecular weight excluding hydrogens is 200 g/mol. The molecule has 1 amide bonds. The summed E-state index contributed by atoms with van der Waals surface area (Å²) >= 11 is 0. The van der Waals surface area contributed by atoms with Gasteiger partial charge >= 0.3 is 0 Å². The molecule has 1 saturated carbocycles. The summed E-state index contributed by atoms with van der Waals surface area (Å²) in [5.74, 6) is 1.04. The molecule has 16 heavy (non-hydrogen) atoms. The number of carbonyl (C=O) groups is 1. The van der Waals surface area contributed by atoms with Gasteiger partial charge in [0.25, 0.3) is 0 Å². The zero-order valence-electron chi connectivity index (χ0n) is 10.5. The van der Waals surface area contributed by atoms with Crippen molar-refractivity contribution < 1.29 is 4.79 Å². The Balaban J connectivity index is 1.97. The van der Waals surface area contributed by atoms with E-state index in [4.69, 9.17) is 5.73 Å².